The maximum absolute atomic E-state index is 13.2. The molecule has 0 unspecified atom stereocenters. The van der Waals surface area contributed by atoms with Gasteiger partial charge in [-0.25, -0.2) is 0 Å². The number of aromatic amines is 1. The van der Waals surface area contributed by atoms with Crippen LogP contribution in [0.1, 0.15) is 51.0 Å². The number of H-pyrrole nitrogens is 1. The first-order chi connectivity index (χ1) is 17.4. The second kappa shape index (κ2) is 15.6. The van der Waals surface area contributed by atoms with Crippen molar-refractivity contribution in [2.45, 2.75) is 64.0 Å². The molecule has 0 bridgehead atoms. The van der Waals surface area contributed by atoms with E-state index in [-0.39, 0.29) is 37.4 Å². The summed E-state index contributed by atoms with van der Waals surface area (Å²) in [6.07, 6.45) is 8.79. The number of nitrogens with one attached hydrogen (secondary N) is 3. The first-order valence-electron chi connectivity index (χ1n) is 12.5. The molecule has 0 saturated carbocycles. The molecule has 3 atom stereocenters. The van der Waals surface area contributed by atoms with E-state index in [0.29, 0.717) is 25.7 Å². The Labute approximate surface area is 213 Å². The zero-order chi connectivity index (χ0) is 26.3. The van der Waals surface area contributed by atoms with Gasteiger partial charge in [0.05, 0.1) is 18.6 Å². The fourth-order valence-electron chi connectivity index (χ4n) is 3.95. The Hall–Kier alpha value is -3.39. The summed E-state index contributed by atoms with van der Waals surface area (Å²) in [7, 11) is 0. The SMILES string of the molecule is C=CCCCCC(=O)OC[C@H](Cc1c[nH]c2ccccc12)NC(=O)[C@H](CC=C)CC(=O)N[C@H](C)CO. The zero-order valence-corrected chi connectivity index (χ0v) is 21.1. The average molecular weight is 498 g/mol. The third kappa shape index (κ3) is 9.70. The van der Waals surface area contributed by atoms with Crippen LogP contribution in [0.3, 0.4) is 0 Å². The number of hydrogen-bond acceptors (Lipinski definition) is 5. The second-order valence-electron chi connectivity index (χ2n) is 9.06. The summed E-state index contributed by atoms with van der Waals surface area (Å²) < 4.78 is 5.52. The molecule has 0 saturated heterocycles. The van der Waals surface area contributed by atoms with Gasteiger partial charge in [0.1, 0.15) is 6.61 Å². The van der Waals surface area contributed by atoms with E-state index >= 15 is 0 Å². The molecule has 36 heavy (non-hydrogen) atoms. The first-order valence-corrected chi connectivity index (χ1v) is 12.5. The van der Waals surface area contributed by atoms with Crippen LogP contribution in [0, 0.1) is 5.92 Å². The Morgan fingerprint density at radius 2 is 1.92 bits per heavy atom. The van der Waals surface area contributed by atoms with Crippen LogP contribution in [0.4, 0.5) is 0 Å². The van der Waals surface area contributed by atoms with Crippen molar-refractivity contribution in [3.05, 3.63) is 61.3 Å². The lowest BCUT2D eigenvalue weighted by Gasteiger charge is -2.22. The predicted molar refractivity (Wildman–Crippen MR) is 141 cm³/mol. The van der Waals surface area contributed by atoms with Crippen LogP contribution < -0.4 is 10.6 Å². The molecule has 0 aliphatic heterocycles. The van der Waals surface area contributed by atoms with Crippen LogP contribution in [-0.2, 0) is 25.5 Å². The summed E-state index contributed by atoms with van der Waals surface area (Å²) in [5, 5.41) is 15.9. The highest BCUT2D eigenvalue weighted by Crippen LogP contribution is 2.20. The molecule has 8 nitrogen and oxygen atoms in total. The quantitative estimate of drug-likeness (QED) is 0.151. The summed E-state index contributed by atoms with van der Waals surface area (Å²) in [5.74, 6) is -1.57. The molecule has 1 heterocycles. The van der Waals surface area contributed by atoms with Crippen LogP contribution in [0.2, 0.25) is 0 Å². The van der Waals surface area contributed by atoms with E-state index in [2.05, 4.69) is 28.8 Å². The lowest BCUT2D eigenvalue weighted by atomic mass is 9.98. The Balaban J connectivity index is 2.09. The Bertz CT molecular complexity index is 1020. The summed E-state index contributed by atoms with van der Waals surface area (Å²) in [6, 6.07) is 6.99. The minimum absolute atomic E-state index is 0.0279. The van der Waals surface area contributed by atoms with E-state index in [1.807, 2.05) is 36.5 Å². The molecule has 0 aliphatic rings. The molecule has 0 fully saturated rings. The topological polar surface area (TPSA) is 121 Å². The number of esters is 1. The van der Waals surface area contributed by atoms with Gasteiger partial charge in [-0.3, -0.25) is 14.4 Å². The number of carbonyl (C=O) groups is 3. The number of aromatic nitrogens is 1. The Kier molecular flexibility index (Phi) is 12.5. The number of carbonyl (C=O) groups excluding carboxylic acids is 3. The molecule has 0 spiro atoms. The van der Waals surface area contributed by atoms with Crippen molar-refractivity contribution in [3.8, 4) is 0 Å². The molecule has 0 radical (unpaired) electrons. The molecule has 2 rings (SSSR count). The fourth-order valence-corrected chi connectivity index (χ4v) is 3.95. The number of amides is 2. The average Bonchev–Trinajstić information content (AvgIpc) is 3.27. The zero-order valence-electron chi connectivity index (χ0n) is 21.1. The van der Waals surface area contributed by atoms with Crippen LogP contribution in [0.25, 0.3) is 10.9 Å². The van der Waals surface area contributed by atoms with Crippen LogP contribution in [0.15, 0.2) is 55.8 Å². The number of benzene rings is 1. The van der Waals surface area contributed by atoms with E-state index in [1.54, 1.807) is 13.0 Å². The first kappa shape index (κ1) is 28.8. The number of rotatable bonds is 17. The highest BCUT2D eigenvalue weighted by Gasteiger charge is 2.25. The standard InChI is InChI=1S/C28H39N3O5/c1-4-6-7-8-14-27(34)36-19-23(15-22-17-29-25-13-10-9-12-24(22)25)31-28(35)21(11-5-2)16-26(33)30-20(3)18-32/h4-5,9-10,12-13,17,20-21,23,29,32H,1-2,6-8,11,14-16,18-19H2,3H3,(H,30,33)(H,31,35)/t20-,21-,23+/m1/s1. The largest absolute Gasteiger partial charge is 0.463 e. The van der Waals surface area contributed by atoms with Crippen molar-refractivity contribution >= 4 is 28.7 Å². The van der Waals surface area contributed by atoms with Crippen LogP contribution >= 0.6 is 0 Å². The van der Waals surface area contributed by atoms with Crippen molar-refractivity contribution < 1.29 is 24.2 Å². The van der Waals surface area contributed by atoms with Gasteiger partial charge < -0.3 is 25.5 Å². The molecule has 0 aliphatic carbocycles. The van der Waals surface area contributed by atoms with Crippen LogP contribution in [0.5, 0.6) is 0 Å². The normalized spacial score (nSPS) is 13.4. The van der Waals surface area contributed by atoms with E-state index in [9.17, 15) is 19.5 Å². The third-order valence-electron chi connectivity index (χ3n) is 5.91. The van der Waals surface area contributed by atoms with Gasteiger partial charge in [-0.05, 0) is 50.7 Å². The molecule has 1 aromatic heterocycles. The number of unbranched alkanes of at least 4 members (excludes halogenated alkanes) is 2. The van der Waals surface area contributed by atoms with Crippen LogP contribution in [-0.4, -0.2) is 53.2 Å². The summed E-state index contributed by atoms with van der Waals surface area (Å²) in [5.41, 5.74) is 1.98. The molecule has 4 N–H and O–H groups in total. The molecular weight excluding hydrogens is 458 g/mol. The Morgan fingerprint density at radius 1 is 1.14 bits per heavy atom. The number of hydrogen-bond donors (Lipinski definition) is 4. The minimum atomic E-state index is -0.631. The van der Waals surface area contributed by atoms with Gasteiger partial charge in [0.15, 0.2) is 0 Å². The molecule has 2 aromatic rings. The van der Waals surface area contributed by atoms with Gasteiger partial charge in [0, 0.05) is 36.0 Å². The van der Waals surface area contributed by atoms with Gasteiger partial charge >= 0.3 is 5.97 Å². The lowest BCUT2D eigenvalue weighted by Crippen LogP contribution is -2.45. The van der Waals surface area contributed by atoms with Gasteiger partial charge in [0.25, 0.3) is 0 Å². The maximum Gasteiger partial charge on any atom is 0.305 e. The number of allylic oxidation sites excluding steroid dienone is 2. The molecule has 2 amide bonds. The van der Waals surface area contributed by atoms with Crippen molar-refractivity contribution in [1.29, 1.82) is 0 Å². The molecule has 8 heteroatoms. The number of aliphatic hydroxyl groups is 1. The van der Waals surface area contributed by atoms with Crippen molar-refractivity contribution in [1.82, 2.24) is 15.6 Å². The second-order valence-corrected chi connectivity index (χ2v) is 9.06. The van der Waals surface area contributed by atoms with E-state index in [1.165, 1.54) is 0 Å². The highest BCUT2D eigenvalue weighted by atomic mass is 16.5. The molecule has 1 aromatic carbocycles. The van der Waals surface area contributed by atoms with Crippen molar-refractivity contribution in [2.24, 2.45) is 5.92 Å². The van der Waals surface area contributed by atoms with Gasteiger partial charge in [0.2, 0.25) is 11.8 Å². The number of aliphatic hydroxyl groups excluding tert-OH is 1. The van der Waals surface area contributed by atoms with Gasteiger partial charge in [-0.2, -0.15) is 0 Å². The summed E-state index contributed by atoms with van der Waals surface area (Å²) in [6.45, 7) is 8.92. The van der Waals surface area contributed by atoms with E-state index < -0.39 is 18.0 Å². The monoisotopic (exact) mass is 497 g/mol. The number of para-hydroxylation sites is 1. The third-order valence-corrected chi connectivity index (χ3v) is 5.91. The van der Waals surface area contributed by atoms with E-state index in [4.69, 9.17) is 4.74 Å². The summed E-state index contributed by atoms with van der Waals surface area (Å²) in [4.78, 5) is 41.0. The molecule has 196 valence electrons. The summed E-state index contributed by atoms with van der Waals surface area (Å²) >= 11 is 0. The van der Waals surface area contributed by atoms with E-state index in [0.717, 1.165) is 29.3 Å². The van der Waals surface area contributed by atoms with Crippen molar-refractivity contribution in [3.63, 3.8) is 0 Å². The number of fused-ring (bicyclic) bond motifs is 1. The van der Waals surface area contributed by atoms with Gasteiger partial charge in [-0.1, -0.05) is 30.4 Å². The maximum atomic E-state index is 13.2. The highest BCUT2D eigenvalue weighted by molar-refractivity contribution is 5.86. The Morgan fingerprint density at radius 3 is 2.64 bits per heavy atom. The van der Waals surface area contributed by atoms with Crippen molar-refractivity contribution in [2.75, 3.05) is 13.2 Å². The van der Waals surface area contributed by atoms with Gasteiger partial charge in [-0.15, -0.1) is 13.2 Å². The molecular formula is C28H39N3O5. The smallest absolute Gasteiger partial charge is 0.305 e. The predicted octanol–water partition coefficient (Wildman–Crippen LogP) is 3.56. The minimum Gasteiger partial charge on any atom is -0.463 e. The lowest BCUT2D eigenvalue weighted by molar-refractivity contribution is -0.145. The number of ether oxygens (including phenoxy) is 1. The fraction of sp³-hybridized carbons (Fsp3) is 0.464.